The van der Waals surface area contributed by atoms with Crippen LogP contribution in [0, 0.1) is 0 Å². The fourth-order valence-corrected chi connectivity index (χ4v) is 4.73. The lowest BCUT2D eigenvalue weighted by atomic mass is 9.90. The van der Waals surface area contributed by atoms with Gasteiger partial charge in [-0.05, 0) is 50.3 Å². The Hall–Kier alpha value is -2.96. The third-order valence-electron chi connectivity index (χ3n) is 6.47. The number of para-hydroxylation sites is 1. The Morgan fingerprint density at radius 3 is 2.47 bits per heavy atom. The van der Waals surface area contributed by atoms with Crippen molar-refractivity contribution in [2.45, 2.75) is 63.5 Å². The van der Waals surface area contributed by atoms with Gasteiger partial charge in [0.25, 0.3) is 11.8 Å². The maximum absolute atomic E-state index is 13.4. The molecule has 2 aromatic rings. The van der Waals surface area contributed by atoms with Gasteiger partial charge in [0.05, 0.1) is 11.6 Å². The number of carbonyl (C=O) groups is 2. The van der Waals surface area contributed by atoms with Gasteiger partial charge in [0.15, 0.2) is 0 Å². The van der Waals surface area contributed by atoms with Crippen molar-refractivity contribution in [2.75, 3.05) is 20.1 Å². The molecule has 32 heavy (non-hydrogen) atoms. The Labute approximate surface area is 189 Å². The van der Waals surface area contributed by atoms with Crippen molar-refractivity contribution in [1.29, 1.82) is 0 Å². The lowest BCUT2D eigenvalue weighted by molar-refractivity contribution is 0.0259. The summed E-state index contributed by atoms with van der Waals surface area (Å²) >= 11 is 0. The zero-order chi connectivity index (χ0) is 22.3. The second kappa shape index (κ2) is 10.6. The van der Waals surface area contributed by atoms with E-state index in [1.54, 1.807) is 23.4 Å². The molecule has 1 saturated carbocycles. The maximum Gasteiger partial charge on any atom is 0.292 e. The van der Waals surface area contributed by atoms with Gasteiger partial charge in [0.2, 0.25) is 5.82 Å². The highest BCUT2D eigenvalue weighted by atomic mass is 16.5. The van der Waals surface area contributed by atoms with Gasteiger partial charge < -0.3 is 14.5 Å². The third kappa shape index (κ3) is 5.09. The molecule has 0 unspecified atom stereocenters. The minimum atomic E-state index is -0.168. The Morgan fingerprint density at radius 1 is 0.938 bits per heavy atom. The van der Waals surface area contributed by atoms with Gasteiger partial charge in [0, 0.05) is 32.5 Å². The van der Waals surface area contributed by atoms with Crippen molar-refractivity contribution in [1.82, 2.24) is 19.8 Å². The van der Waals surface area contributed by atoms with E-state index in [1.165, 1.54) is 0 Å². The quantitative estimate of drug-likeness (QED) is 0.677. The van der Waals surface area contributed by atoms with Gasteiger partial charge in [-0.25, -0.2) is 9.97 Å². The number of ether oxygens (including phenoxy) is 1. The van der Waals surface area contributed by atoms with Crippen LogP contribution in [0.2, 0.25) is 0 Å². The number of amides is 2. The SMILES string of the molecule is CN1CCCCCCN(C(=O)c2ncccn2)[C@@H]2CCCC[C@@H]2Oc2ccccc2C1=O. The summed E-state index contributed by atoms with van der Waals surface area (Å²) in [6.45, 7) is 1.37. The third-order valence-corrected chi connectivity index (χ3v) is 6.47. The van der Waals surface area contributed by atoms with Gasteiger partial charge in [-0.2, -0.15) is 0 Å². The molecule has 0 N–H and O–H groups in total. The minimum Gasteiger partial charge on any atom is -0.487 e. The molecule has 0 saturated heterocycles. The zero-order valence-electron chi connectivity index (χ0n) is 18.8. The Morgan fingerprint density at radius 2 is 1.66 bits per heavy atom. The van der Waals surface area contributed by atoms with E-state index in [-0.39, 0.29) is 29.8 Å². The topological polar surface area (TPSA) is 75.6 Å². The number of aromatic nitrogens is 2. The van der Waals surface area contributed by atoms with Gasteiger partial charge in [-0.1, -0.05) is 31.4 Å². The largest absolute Gasteiger partial charge is 0.487 e. The molecule has 2 atom stereocenters. The molecule has 7 heteroatoms. The first-order valence-corrected chi connectivity index (χ1v) is 11.7. The number of nitrogens with zero attached hydrogens (tertiary/aromatic N) is 4. The highest BCUT2D eigenvalue weighted by Gasteiger charge is 2.36. The molecule has 0 radical (unpaired) electrons. The van der Waals surface area contributed by atoms with Crippen molar-refractivity contribution < 1.29 is 14.3 Å². The van der Waals surface area contributed by atoms with E-state index in [2.05, 4.69) is 9.97 Å². The van der Waals surface area contributed by atoms with E-state index in [0.29, 0.717) is 24.4 Å². The van der Waals surface area contributed by atoms with Crippen LogP contribution in [0.1, 0.15) is 72.3 Å². The predicted octanol–water partition coefficient (Wildman–Crippen LogP) is 3.96. The predicted molar refractivity (Wildman–Crippen MR) is 122 cm³/mol. The fraction of sp³-hybridized carbons (Fsp3) is 0.520. The van der Waals surface area contributed by atoms with Crippen LogP contribution in [0.4, 0.5) is 0 Å². The van der Waals surface area contributed by atoms with E-state index in [9.17, 15) is 9.59 Å². The number of hydrogen-bond acceptors (Lipinski definition) is 5. The molecular formula is C25H32N4O3. The van der Waals surface area contributed by atoms with E-state index in [0.717, 1.165) is 51.4 Å². The number of benzene rings is 1. The van der Waals surface area contributed by atoms with E-state index >= 15 is 0 Å². The molecule has 170 valence electrons. The number of rotatable bonds is 1. The fourth-order valence-electron chi connectivity index (χ4n) is 4.73. The van der Waals surface area contributed by atoms with Crippen LogP contribution >= 0.6 is 0 Å². The van der Waals surface area contributed by atoms with Crippen LogP contribution in [-0.4, -0.2) is 63.9 Å². The highest BCUT2D eigenvalue weighted by molar-refractivity contribution is 5.96. The first kappa shape index (κ1) is 22.2. The Bertz CT molecular complexity index is 920. The summed E-state index contributed by atoms with van der Waals surface area (Å²) in [5.74, 6) is 0.676. The molecule has 2 amide bonds. The molecular weight excluding hydrogens is 404 g/mol. The first-order chi connectivity index (χ1) is 15.6. The molecule has 1 aliphatic heterocycles. The molecule has 2 aliphatic rings. The lowest BCUT2D eigenvalue weighted by Crippen LogP contribution is -2.51. The molecule has 0 spiro atoms. The average molecular weight is 437 g/mol. The van der Waals surface area contributed by atoms with Crippen molar-refractivity contribution in [3.63, 3.8) is 0 Å². The summed E-state index contributed by atoms with van der Waals surface area (Å²) in [6, 6.07) is 9.12. The van der Waals surface area contributed by atoms with Crippen molar-refractivity contribution in [3.05, 3.63) is 54.1 Å². The molecule has 1 aromatic carbocycles. The second-order valence-electron chi connectivity index (χ2n) is 8.72. The van der Waals surface area contributed by atoms with Crippen LogP contribution in [0.25, 0.3) is 0 Å². The molecule has 4 rings (SSSR count). The number of hydrogen-bond donors (Lipinski definition) is 0. The summed E-state index contributed by atoms with van der Waals surface area (Å²) in [5.41, 5.74) is 0.584. The van der Waals surface area contributed by atoms with Gasteiger partial charge >= 0.3 is 0 Å². The summed E-state index contributed by atoms with van der Waals surface area (Å²) in [5, 5.41) is 0. The average Bonchev–Trinajstić information content (AvgIpc) is 2.84. The van der Waals surface area contributed by atoms with Crippen LogP contribution in [-0.2, 0) is 0 Å². The summed E-state index contributed by atoms with van der Waals surface area (Å²) < 4.78 is 6.50. The van der Waals surface area contributed by atoms with Crippen molar-refractivity contribution in [2.24, 2.45) is 0 Å². The number of carbonyl (C=O) groups excluding carboxylic acids is 2. The van der Waals surface area contributed by atoms with Gasteiger partial charge in [-0.15, -0.1) is 0 Å². The smallest absolute Gasteiger partial charge is 0.292 e. The van der Waals surface area contributed by atoms with E-state index in [1.807, 2.05) is 36.2 Å². The zero-order valence-corrected chi connectivity index (χ0v) is 18.8. The second-order valence-corrected chi connectivity index (χ2v) is 8.72. The minimum absolute atomic E-state index is 0.0179. The van der Waals surface area contributed by atoms with Crippen molar-refractivity contribution in [3.8, 4) is 5.75 Å². The molecule has 1 aliphatic carbocycles. The standard InChI is InChI=1S/C25H32N4O3/c1-28-17-8-2-3-9-18-29(25(31)23-26-15-10-16-27-23)20-12-5-7-14-22(20)32-21-13-6-4-11-19(21)24(28)30/h4,6,10-11,13,15-16,20,22H,2-3,5,7-9,12,14,17-18H2,1H3/t20-,22+/m1/s1. The van der Waals surface area contributed by atoms with Crippen LogP contribution < -0.4 is 4.74 Å². The van der Waals surface area contributed by atoms with Gasteiger partial charge in [0.1, 0.15) is 11.9 Å². The molecule has 1 fully saturated rings. The molecule has 0 bridgehead atoms. The summed E-state index contributed by atoms with van der Waals surface area (Å²) in [4.78, 5) is 38.6. The van der Waals surface area contributed by atoms with E-state index in [4.69, 9.17) is 4.74 Å². The molecule has 2 heterocycles. The van der Waals surface area contributed by atoms with Gasteiger partial charge in [-0.3, -0.25) is 9.59 Å². The summed E-state index contributed by atoms with van der Waals surface area (Å²) in [7, 11) is 1.86. The monoisotopic (exact) mass is 436 g/mol. The normalized spacial score (nSPS) is 22.8. The van der Waals surface area contributed by atoms with Crippen molar-refractivity contribution >= 4 is 11.8 Å². The highest BCUT2D eigenvalue weighted by Crippen LogP contribution is 2.31. The molecule has 7 nitrogen and oxygen atoms in total. The van der Waals surface area contributed by atoms with Crippen LogP contribution in [0.15, 0.2) is 42.7 Å². The number of fused-ring (bicyclic) bond motifs is 2. The molecule has 1 aromatic heterocycles. The van der Waals surface area contributed by atoms with Crippen LogP contribution in [0.3, 0.4) is 0 Å². The maximum atomic E-state index is 13.4. The summed E-state index contributed by atoms with van der Waals surface area (Å²) in [6.07, 6.45) is 10.7. The Kier molecular flexibility index (Phi) is 7.35. The Balaban J connectivity index is 1.67. The van der Waals surface area contributed by atoms with Crippen LogP contribution in [0.5, 0.6) is 5.75 Å². The lowest BCUT2D eigenvalue weighted by Gasteiger charge is -2.40. The first-order valence-electron chi connectivity index (χ1n) is 11.7. The van der Waals surface area contributed by atoms with E-state index < -0.39 is 0 Å².